The molecule has 1 heterocycles. The van der Waals surface area contributed by atoms with Gasteiger partial charge in [-0.05, 0) is 23.8 Å². The van der Waals surface area contributed by atoms with Crippen LogP contribution in [0, 0.1) is 0 Å². The van der Waals surface area contributed by atoms with E-state index < -0.39 is 9.84 Å². The van der Waals surface area contributed by atoms with Crippen LogP contribution in [0.15, 0.2) is 47.5 Å². The van der Waals surface area contributed by atoms with E-state index in [-0.39, 0.29) is 17.5 Å². The number of carbonyl (C=O) groups is 1. The van der Waals surface area contributed by atoms with E-state index in [4.69, 9.17) is 4.74 Å². The van der Waals surface area contributed by atoms with Gasteiger partial charge in [0.15, 0.2) is 9.84 Å². The lowest BCUT2D eigenvalue weighted by Crippen LogP contribution is -2.34. The van der Waals surface area contributed by atoms with E-state index in [0.29, 0.717) is 12.4 Å². The molecule has 24 heavy (non-hydrogen) atoms. The molecular weight excluding hydrogens is 330 g/mol. The first-order valence-electron chi connectivity index (χ1n) is 7.18. The van der Waals surface area contributed by atoms with Gasteiger partial charge in [-0.2, -0.15) is 0 Å². The minimum atomic E-state index is -3.21. The van der Waals surface area contributed by atoms with Gasteiger partial charge in [-0.15, -0.1) is 0 Å². The molecule has 1 aromatic heterocycles. The van der Waals surface area contributed by atoms with E-state index in [2.05, 4.69) is 15.6 Å². The summed E-state index contributed by atoms with van der Waals surface area (Å²) in [6.45, 7) is 0.579. The standard InChI is InChI=1S/C16H19N3O4S/c1-23-15-13(4-3-9-17-15)11-19-16(20)18-10-12-5-7-14(8-6-12)24(2,21)22/h3-9H,10-11H2,1-2H3,(H2,18,19,20). The second-order valence-corrected chi connectivity index (χ2v) is 7.14. The van der Waals surface area contributed by atoms with Crippen molar-refractivity contribution in [2.45, 2.75) is 18.0 Å². The molecule has 2 N–H and O–H groups in total. The zero-order valence-corrected chi connectivity index (χ0v) is 14.3. The summed E-state index contributed by atoms with van der Waals surface area (Å²) in [7, 11) is -1.69. The Bertz CT molecular complexity index is 804. The van der Waals surface area contributed by atoms with Gasteiger partial charge < -0.3 is 15.4 Å². The molecule has 0 radical (unpaired) electrons. The molecule has 0 atom stereocenters. The van der Waals surface area contributed by atoms with E-state index in [1.54, 1.807) is 24.4 Å². The van der Waals surface area contributed by atoms with Gasteiger partial charge in [0.25, 0.3) is 0 Å². The van der Waals surface area contributed by atoms with E-state index in [9.17, 15) is 13.2 Å². The summed E-state index contributed by atoms with van der Waals surface area (Å²) in [6.07, 6.45) is 2.77. The number of pyridine rings is 1. The average molecular weight is 349 g/mol. The maximum absolute atomic E-state index is 11.8. The third-order valence-corrected chi connectivity index (χ3v) is 4.42. The highest BCUT2D eigenvalue weighted by atomic mass is 32.2. The molecule has 1 aromatic carbocycles. The van der Waals surface area contributed by atoms with Crippen molar-refractivity contribution >= 4 is 15.9 Å². The number of urea groups is 1. The molecule has 2 aromatic rings. The molecule has 128 valence electrons. The normalized spacial score (nSPS) is 10.9. The number of hydrogen-bond donors (Lipinski definition) is 2. The largest absolute Gasteiger partial charge is 0.481 e. The Balaban J connectivity index is 1.85. The Hall–Kier alpha value is -2.61. The topological polar surface area (TPSA) is 97.4 Å². The first-order chi connectivity index (χ1) is 11.4. The number of rotatable bonds is 6. The van der Waals surface area contributed by atoms with Crippen LogP contribution < -0.4 is 15.4 Å². The summed E-state index contributed by atoms with van der Waals surface area (Å²) in [5.41, 5.74) is 1.57. The van der Waals surface area contributed by atoms with Gasteiger partial charge in [0.2, 0.25) is 5.88 Å². The lowest BCUT2D eigenvalue weighted by molar-refractivity contribution is 0.240. The molecule has 0 saturated carbocycles. The van der Waals surface area contributed by atoms with E-state index in [1.165, 1.54) is 19.2 Å². The van der Waals surface area contributed by atoms with Crippen LogP contribution in [0.1, 0.15) is 11.1 Å². The van der Waals surface area contributed by atoms with Crippen LogP contribution >= 0.6 is 0 Å². The molecule has 0 fully saturated rings. The molecule has 0 aliphatic carbocycles. The Morgan fingerprint density at radius 1 is 1.12 bits per heavy atom. The fraction of sp³-hybridized carbons (Fsp3) is 0.250. The summed E-state index contributed by atoms with van der Waals surface area (Å²) in [5.74, 6) is 0.467. The van der Waals surface area contributed by atoms with Crippen LogP contribution in [-0.4, -0.2) is 32.8 Å². The zero-order valence-electron chi connectivity index (χ0n) is 13.4. The number of nitrogens with zero attached hydrogens (tertiary/aromatic N) is 1. The molecule has 8 heteroatoms. The minimum Gasteiger partial charge on any atom is -0.481 e. The number of sulfone groups is 1. The van der Waals surface area contributed by atoms with Crippen LogP contribution in [0.4, 0.5) is 4.79 Å². The number of hydrogen-bond acceptors (Lipinski definition) is 5. The lowest BCUT2D eigenvalue weighted by Gasteiger charge is -2.10. The molecule has 0 saturated heterocycles. The predicted octanol–water partition coefficient (Wildman–Crippen LogP) is 1.49. The Labute approximate surface area is 141 Å². The van der Waals surface area contributed by atoms with Gasteiger partial charge in [0.1, 0.15) is 0 Å². The first kappa shape index (κ1) is 17.7. The first-order valence-corrected chi connectivity index (χ1v) is 9.08. The SMILES string of the molecule is COc1ncccc1CNC(=O)NCc1ccc(S(C)(=O)=O)cc1. The Morgan fingerprint density at radius 2 is 1.79 bits per heavy atom. The molecular formula is C16H19N3O4S. The van der Waals surface area contributed by atoms with Crippen molar-refractivity contribution < 1.29 is 17.9 Å². The van der Waals surface area contributed by atoms with Crippen molar-refractivity contribution in [1.29, 1.82) is 0 Å². The lowest BCUT2D eigenvalue weighted by atomic mass is 10.2. The van der Waals surface area contributed by atoms with Gasteiger partial charge >= 0.3 is 6.03 Å². The Kier molecular flexibility index (Phi) is 5.75. The van der Waals surface area contributed by atoms with Crippen molar-refractivity contribution in [2.75, 3.05) is 13.4 Å². The molecule has 0 bridgehead atoms. The number of carbonyl (C=O) groups excluding carboxylic acids is 1. The maximum Gasteiger partial charge on any atom is 0.315 e. The average Bonchev–Trinajstić information content (AvgIpc) is 2.58. The van der Waals surface area contributed by atoms with E-state index >= 15 is 0 Å². The van der Waals surface area contributed by atoms with Gasteiger partial charge in [-0.3, -0.25) is 0 Å². The van der Waals surface area contributed by atoms with Gasteiger partial charge in [-0.1, -0.05) is 18.2 Å². The van der Waals surface area contributed by atoms with Crippen molar-refractivity contribution in [2.24, 2.45) is 0 Å². The van der Waals surface area contributed by atoms with E-state index in [0.717, 1.165) is 17.4 Å². The van der Waals surface area contributed by atoms with Crippen LogP contribution in [0.2, 0.25) is 0 Å². The molecule has 0 spiro atoms. The van der Waals surface area contributed by atoms with Gasteiger partial charge in [0, 0.05) is 31.1 Å². The highest BCUT2D eigenvalue weighted by Crippen LogP contribution is 2.13. The zero-order chi connectivity index (χ0) is 17.6. The summed E-state index contributed by atoms with van der Waals surface area (Å²) in [5, 5.41) is 5.42. The number of benzene rings is 1. The van der Waals surface area contributed by atoms with Crippen LogP contribution in [0.5, 0.6) is 5.88 Å². The van der Waals surface area contributed by atoms with Crippen molar-refractivity contribution in [1.82, 2.24) is 15.6 Å². The fourth-order valence-electron chi connectivity index (χ4n) is 2.02. The van der Waals surface area contributed by atoms with E-state index in [1.807, 2.05) is 6.07 Å². The maximum atomic E-state index is 11.8. The van der Waals surface area contributed by atoms with Crippen molar-refractivity contribution in [3.05, 3.63) is 53.7 Å². The fourth-order valence-corrected chi connectivity index (χ4v) is 2.65. The third kappa shape index (κ3) is 4.95. The Morgan fingerprint density at radius 3 is 2.42 bits per heavy atom. The molecule has 0 aliphatic heterocycles. The second-order valence-electron chi connectivity index (χ2n) is 5.12. The van der Waals surface area contributed by atoms with Crippen LogP contribution in [-0.2, 0) is 22.9 Å². The summed E-state index contributed by atoms with van der Waals surface area (Å²) < 4.78 is 27.9. The summed E-state index contributed by atoms with van der Waals surface area (Å²) in [6, 6.07) is 9.61. The second kappa shape index (κ2) is 7.78. The quantitative estimate of drug-likeness (QED) is 0.823. The van der Waals surface area contributed by atoms with Crippen molar-refractivity contribution in [3.63, 3.8) is 0 Å². The highest BCUT2D eigenvalue weighted by Gasteiger charge is 2.08. The van der Waals surface area contributed by atoms with Gasteiger partial charge in [0.05, 0.1) is 12.0 Å². The molecule has 2 rings (SSSR count). The summed E-state index contributed by atoms with van der Waals surface area (Å²) >= 11 is 0. The molecule has 0 aliphatic rings. The monoisotopic (exact) mass is 349 g/mol. The number of aromatic nitrogens is 1. The van der Waals surface area contributed by atoms with Crippen molar-refractivity contribution in [3.8, 4) is 5.88 Å². The number of ether oxygens (including phenoxy) is 1. The predicted molar refractivity (Wildman–Crippen MR) is 89.4 cm³/mol. The minimum absolute atomic E-state index is 0.249. The molecule has 0 unspecified atom stereocenters. The van der Waals surface area contributed by atoms with Gasteiger partial charge in [-0.25, -0.2) is 18.2 Å². The number of amides is 2. The highest BCUT2D eigenvalue weighted by molar-refractivity contribution is 7.90. The summed E-state index contributed by atoms with van der Waals surface area (Å²) in [4.78, 5) is 16.1. The number of nitrogens with one attached hydrogen (secondary N) is 2. The van der Waals surface area contributed by atoms with Crippen LogP contribution in [0.3, 0.4) is 0 Å². The third-order valence-electron chi connectivity index (χ3n) is 3.29. The number of methoxy groups -OCH3 is 1. The van der Waals surface area contributed by atoms with Crippen LogP contribution in [0.25, 0.3) is 0 Å². The molecule has 2 amide bonds. The smallest absolute Gasteiger partial charge is 0.315 e. The molecule has 7 nitrogen and oxygen atoms in total.